The summed E-state index contributed by atoms with van der Waals surface area (Å²) in [5.74, 6) is 0.825. The fourth-order valence-corrected chi connectivity index (χ4v) is 2.00. The minimum Gasteiger partial charge on any atom is -0.497 e. The van der Waals surface area contributed by atoms with Gasteiger partial charge in [0.25, 0.3) is 0 Å². The van der Waals surface area contributed by atoms with Crippen LogP contribution in [-0.2, 0) is 0 Å². The van der Waals surface area contributed by atoms with Crippen LogP contribution in [0, 0.1) is 0 Å². The number of pyridine rings is 1. The molecule has 1 N–H and O–H groups in total. The molecular formula is C15H13N3O. The van der Waals surface area contributed by atoms with Gasteiger partial charge in [0.1, 0.15) is 5.75 Å². The van der Waals surface area contributed by atoms with Crippen LogP contribution >= 0.6 is 0 Å². The number of benzene rings is 1. The van der Waals surface area contributed by atoms with E-state index in [2.05, 4.69) is 15.2 Å². The van der Waals surface area contributed by atoms with E-state index in [1.54, 1.807) is 19.5 Å². The fourth-order valence-electron chi connectivity index (χ4n) is 2.00. The van der Waals surface area contributed by atoms with Gasteiger partial charge in [-0.05, 0) is 29.8 Å². The first kappa shape index (κ1) is 11.5. The molecular weight excluding hydrogens is 238 g/mol. The first-order valence-electron chi connectivity index (χ1n) is 5.97. The molecule has 1 aromatic carbocycles. The van der Waals surface area contributed by atoms with Gasteiger partial charge >= 0.3 is 0 Å². The van der Waals surface area contributed by atoms with Gasteiger partial charge in [0.2, 0.25) is 0 Å². The van der Waals surface area contributed by atoms with Crippen LogP contribution in [0.3, 0.4) is 0 Å². The predicted molar refractivity (Wildman–Crippen MR) is 73.8 cm³/mol. The van der Waals surface area contributed by atoms with Crippen molar-refractivity contribution in [3.05, 3.63) is 54.9 Å². The molecule has 0 bridgehead atoms. The van der Waals surface area contributed by atoms with Crippen LogP contribution in [0.5, 0.6) is 5.75 Å². The topological polar surface area (TPSA) is 50.8 Å². The quantitative estimate of drug-likeness (QED) is 0.778. The van der Waals surface area contributed by atoms with Gasteiger partial charge in [-0.25, -0.2) is 0 Å². The van der Waals surface area contributed by atoms with E-state index in [-0.39, 0.29) is 0 Å². The zero-order valence-corrected chi connectivity index (χ0v) is 10.5. The summed E-state index contributed by atoms with van der Waals surface area (Å²) < 4.78 is 5.25. The van der Waals surface area contributed by atoms with Gasteiger partial charge in [-0.15, -0.1) is 0 Å². The van der Waals surface area contributed by atoms with Crippen molar-refractivity contribution in [1.29, 1.82) is 0 Å². The first-order valence-corrected chi connectivity index (χ1v) is 5.97. The van der Waals surface area contributed by atoms with Gasteiger partial charge in [0, 0.05) is 11.8 Å². The second kappa shape index (κ2) is 4.94. The molecule has 0 atom stereocenters. The second-order valence-corrected chi connectivity index (χ2v) is 4.11. The van der Waals surface area contributed by atoms with Crippen LogP contribution in [0.4, 0.5) is 0 Å². The first-order chi connectivity index (χ1) is 9.38. The molecule has 3 rings (SSSR count). The molecule has 94 valence electrons. The summed E-state index contributed by atoms with van der Waals surface area (Å²) in [4.78, 5) is 4.35. The fraction of sp³-hybridized carbons (Fsp3) is 0.0667. The van der Waals surface area contributed by atoms with Gasteiger partial charge in [-0.2, -0.15) is 5.10 Å². The highest BCUT2D eigenvalue weighted by atomic mass is 16.5. The number of hydrogen-bond donors (Lipinski definition) is 1. The van der Waals surface area contributed by atoms with Gasteiger partial charge in [-0.1, -0.05) is 18.2 Å². The van der Waals surface area contributed by atoms with Crippen molar-refractivity contribution in [2.45, 2.75) is 0 Å². The molecule has 0 spiro atoms. The lowest BCUT2D eigenvalue weighted by molar-refractivity contribution is 0.415. The third kappa shape index (κ3) is 2.20. The van der Waals surface area contributed by atoms with Crippen molar-refractivity contribution in [2.24, 2.45) is 0 Å². The molecule has 0 saturated carbocycles. The number of nitrogens with zero attached hydrogens (tertiary/aromatic N) is 2. The molecule has 0 aliphatic carbocycles. The SMILES string of the molecule is COc1cccc(-c2cn[nH]c2-c2ccccn2)c1. The van der Waals surface area contributed by atoms with Gasteiger partial charge in [0.15, 0.2) is 0 Å². The molecule has 0 radical (unpaired) electrons. The molecule has 4 nitrogen and oxygen atoms in total. The van der Waals surface area contributed by atoms with Crippen LogP contribution in [-0.4, -0.2) is 22.3 Å². The standard InChI is InChI=1S/C15H13N3O/c1-19-12-6-4-5-11(9-12)13-10-17-18-15(13)14-7-2-3-8-16-14/h2-10H,1H3,(H,17,18). The Kier molecular flexibility index (Phi) is 2.98. The monoisotopic (exact) mass is 251 g/mol. The predicted octanol–water partition coefficient (Wildman–Crippen LogP) is 3.15. The number of aromatic nitrogens is 3. The Balaban J connectivity index is 2.09. The molecule has 0 aliphatic heterocycles. The maximum absolute atomic E-state index is 5.25. The maximum Gasteiger partial charge on any atom is 0.119 e. The van der Waals surface area contributed by atoms with E-state index in [0.717, 1.165) is 28.3 Å². The Labute approximate surface area is 111 Å². The van der Waals surface area contributed by atoms with E-state index in [1.807, 2.05) is 42.5 Å². The van der Waals surface area contributed by atoms with Crippen molar-refractivity contribution in [1.82, 2.24) is 15.2 Å². The number of nitrogens with one attached hydrogen (secondary N) is 1. The summed E-state index contributed by atoms with van der Waals surface area (Å²) in [6.45, 7) is 0. The second-order valence-electron chi connectivity index (χ2n) is 4.11. The van der Waals surface area contributed by atoms with Crippen LogP contribution in [0.15, 0.2) is 54.9 Å². The molecule has 2 aromatic heterocycles. The van der Waals surface area contributed by atoms with Crippen molar-refractivity contribution < 1.29 is 4.74 Å². The third-order valence-electron chi connectivity index (χ3n) is 2.94. The van der Waals surface area contributed by atoms with Gasteiger partial charge in [-0.3, -0.25) is 10.1 Å². The maximum atomic E-state index is 5.25. The minimum absolute atomic E-state index is 0.825. The van der Waals surface area contributed by atoms with E-state index >= 15 is 0 Å². The average Bonchev–Trinajstić information content (AvgIpc) is 2.98. The number of hydrogen-bond acceptors (Lipinski definition) is 3. The normalized spacial score (nSPS) is 10.4. The van der Waals surface area contributed by atoms with Crippen LogP contribution in [0.1, 0.15) is 0 Å². The number of methoxy groups -OCH3 is 1. The molecule has 19 heavy (non-hydrogen) atoms. The van der Waals surface area contributed by atoms with E-state index in [9.17, 15) is 0 Å². The number of ether oxygens (including phenoxy) is 1. The zero-order chi connectivity index (χ0) is 13.1. The Bertz CT molecular complexity index is 677. The van der Waals surface area contributed by atoms with Crippen molar-refractivity contribution in [3.63, 3.8) is 0 Å². The minimum atomic E-state index is 0.825. The van der Waals surface area contributed by atoms with E-state index < -0.39 is 0 Å². The van der Waals surface area contributed by atoms with Crippen LogP contribution < -0.4 is 4.74 Å². The van der Waals surface area contributed by atoms with E-state index in [1.165, 1.54) is 0 Å². The largest absolute Gasteiger partial charge is 0.497 e. The summed E-state index contributed by atoms with van der Waals surface area (Å²) in [7, 11) is 1.66. The summed E-state index contributed by atoms with van der Waals surface area (Å²) in [6, 6.07) is 13.7. The van der Waals surface area contributed by atoms with E-state index in [4.69, 9.17) is 4.74 Å². The molecule has 2 heterocycles. The Morgan fingerprint density at radius 1 is 1.11 bits per heavy atom. The Hall–Kier alpha value is -2.62. The highest BCUT2D eigenvalue weighted by Crippen LogP contribution is 2.30. The summed E-state index contributed by atoms with van der Waals surface area (Å²) in [5, 5.41) is 7.13. The summed E-state index contributed by atoms with van der Waals surface area (Å²) in [6.07, 6.45) is 3.57. The van der Waals surface area contributed by atoms with Crippen LogP contribution in [0.25, 0.3) is 22.5 Å². The Morgan fingerprint density at radius 3 is 2.84 bits per heavy atom. The van der Waals surface area contributed by atoms with Crippen molar-refractivity contribution in [3.8, 4) is 28.3 Å². The molecule has 0 unspecified atom stereocenters. The lowest BCUT2D eigenvalue weighted by atomic mass is 10.0. The van der Waals surface area contributed by atoms with Gasteiger partial charge < -0.3 is 4.74 Å². The number of rotatable bonds is 3. The molecule has 0 amide bonds. The smallest absolute Gasteiger partial charge is 0.119 e. The molecule has 0 fully saturated rings. The number of aromatic amines is 1. The summed E-state index contributed by atoms with van der Waals surface area (Å²) in [5.41, 5.74) is 3.85. The lowest BCUT2D eigenvalue weighted by Crippen LogP contribution is -1.87. The average molecular weight is 251 g/mol. The summed E-state index contributed by atoms with van der Waals surface area (Å²) >= 11 is 0. The van der Waals surface area contributed by atoms with Crippen molar-refractivity contribution in [2.75, 3.05) is 7.11 Å². The van der Waals surface area contributed by atoms with Crippen LogP contribution in [0.2, 0.25) is 0 Å². The third-order valence-corrected chi connectivity index (χ3v) is 2.94. The molecule has 3 aromatic rings. The van der Waals surface area contributed by atoms with Gasteiger partial charge in [0.05, 0.1) is 24.7 Å². The van der Waals surface area contributed by atoms with E-state index in [0.29, 0.717) is 0 Å². The highest BCUT2D eigenvalue weighted by Gasteiger charge is 2.10. The van der Waals surface area contributed by atoms with Crippen molar-refractivity contribution >= 4 is 0 Å². The highest BCUT2D eigenvalue weighted by molar-refractivity contribution is 5.79. The lowest BCUT2D eigenvalue weighted by Gasteiger charge is -2.05. The molecule has 0 saturated heterocycles. The molecule has 0 aliphatic rings. The zero-order valence-electron chi connectivity index (χ0n) is 10.5. The molecule has 4 heteroatoms. The number of H-pyrrole nitrogens is 1. The Morgan fingerprint density at radius 2 is 2.05 bits per heavy atom.